The summed E-state index contributed by atoms with van der Waals surface area (Å²) in [6, 6.07) is 0. The summed E-state index contributed by atoms with van der Waals surface area (Å²) in [6.45, 7) is 2.52. The number of phosphoric ester groups is 1. The lowest BCUT2D eigenvalue weighted by Gasteiger charge is -2.35. The Morgan fingerprint density at radius 2 is 1.91 bits per heavy atom. The summed E-state index contributed by atoms with van der Waals surface area (Å²) in [7, 11) is -5.18. The van der Waals surface area contributed by atoms with Crippen LogP contribution in [0, 0.1) is 5.41 Å². The molecule has 0 saturated heterocycles. The Balaban J connectivity index is 4.24. The molecule has 0 radical (unpaired) electrons. The fourth-order valence-electron chi connectivity index (χ4n) is 1.36. The number of hydrogen-bond donors (Lipinski definition) is 4. The van der Waals surface area contributed by atoms with Crippen molar-refractivity contribution in [2.24, 2.45) is 5.41 Å². The molecule has 0 aromatic rings. The highest BCUT2D eigenvalue weighted by atomic mass is 32.1. The average Bonchev–Trinajstić information content (AvgIpc) is 2.41. The highest BCUT2D eigenvalue weighted by Gasteiger charge is 2.34. The van der Waals surface area contributed by atoms with Crippen LogP contribution in [0.15, 0.2) is 0 Å². The Labute approximate surface area is 134 Å². The maximum absolute atomic E-state index is 11.7. The van der Waals surface area contributed by atoms with Crippen molar-refractivity contribution in [1.82, 2.24) is 10.6 Å². The highest BCUT2D eigenvalue weighted by Crippen LogP contribution is 2.31. The molecule has 0 aromatic carbocycles. The molecule has 22 heavy (non-hydrogen) atoms. The molecule has 1 atom stereocenters. The summed E-state index contributed by atoms with van der Waals surface area (Å²) >= 11 is 3.92. The van der Waals surface area contributed by atoms with Crippen LogP contribution in [0.2, 0.25) is 0 Å². The third-order valence-corrected chi connectivity index (χ3v) is 3.34. The summed E-state index contributed by atoms with van der Waals surface area (Å²) in [5.41, 5.74) is -1.29. The summed E-state index contributed by atoms with van der Waals surface area (Å²) in [5.74, 6) is -0.568. The first kappa shape index (κ1) is 21.4. The number of nitrogens with one attached hydrogen (secondary N) is 2. The number of aliphatic hydroxyl groups excluding tert-OH is 1. The van der Waals surface area contributed by atoms with Gasteiger partial charge in [0.1, 0.15) is 6.10 Å². The van der Waals surface area contributed by atoms with Crippen molar-refractivity contribution in [2.75, 3.05) is 25.4 Å². The molecule has 0 heterocycles. The number of rotatable bonds is 10. The van der Waals surface area contributed by atoms with Gasteiger partial charge in [-0.25, -0.2) is 0 Å². The largest absolute Gasteiger partial charge is 0.790 e. The highest BCUT2D eigenvalue weighted by molar-refractivity contribution is 7.80. The SMILES string of the molecule is CC(C)(COP(=O)([O-])[O-])[C@@H](O)C(=O)NCCC(=O)NCCS. The Hall–Kier alpha value is -0.640. The Morgan fingerprint density at radius 3 is 2.41 bits per heavy atom. The number of carbonyl (C=O) groups is 2. The summed E-state index contributed by atoms with van der Waals surface area (Å²) in [5, 5.41) is 14.7. The third kappa shape index (κ3) is 9.39. The molecule has 9 nitrogen and oxygen atoms in total. The van der Waals surface area contributed by atoms with Gasteiger partial charge in [0.2, 0.25) is 11.8 Å². The minimum atomic E-state index is -5.18. The van der Waals surface area contributed by atoms with E-state index in [1.54, 1.807) is 0 Å². The van der Waals surface area contributed by atoms with E-state index in [9.17, 15) is 29.0 Å². The summed E-state index contributed by atoms with van der Waals surface area (Å²) in [6.07, 6.45) is -1.57. The number of carbonyl (C=O) groups excluding carboxylic acids is 2. The second-order valence-electron chi connectivity index (χ2n) is 5.23. The van der Waals surface area contributed by atoms with Gasteiger partial charge in [0.25, 0.3) is 0 Å². The van der Waals surface area contributed by atoms with Crippen LogP contribution >= 0.6 is 20.5 Å². The van der Waals surface area contributed by atoms with E-state index in [4.69, 9.17) is 0 Å². The fourth-order valence-corrected chi connectivity index (χ4v) is 1.96. The number of phosphoric acid groups is 1. The lowest BCUT2D eigenvalue weighted by molar-refractivity contribution is -0.343. The van der Waals surface area contributed by atoms with E-state index in [1.807, 2.05) is 0 Å². The van der Waals surface area contributed by atoms with Crippen molar-refractivity contribution in [3.8, 4) is 0 Å². The minimum absolute atomic E-state index is 0.00679. The van der Waals surface area contributed by atoms with Gasteiger partial charge in [0.05, 0.1) is 14.4 Å². The fraction of sp³-hybridized carbons (Fsp3) is 0.818. The maximum atomic E-state index is 11.7. The van der Waals surface area contributed by atoms with E-state index in [0.29, 0.717) is 12.3 Å². The van der Waals surface area contributed by atoms with Crippen LogP contribution in [-0.2, 0) is 18.7 Å². The minimum Gasteiger partial charge on any atom is -0.790 e. The maximum Gasteiger partial charge on any atom is 0.249 e. The normalized spacial score (nSPS) is 13.5. The first-order valence-electron chi connectivity index (χ1n) is 6.49. The zero-order chi connectivity index (χ0) is 17.4. The molecular weight excluding hydrogens is 335 g/mol. The Bertz CT molecular complexity index is 427. The predicted molar refractivity (Wildman–Crippen MR) is 77.8 cm³/mol. The van der Waals surface area contributed by atoms with Crippen molar-refractivity contribution in [2.45, 2.75) is 26.4 Å². The van der Waals surface area contributed by atoms with E-state index in [-0.39, 0.29) is 18.9 Å². The van der Waals surface area contributed by atoms with Gasteiger partial charge in [-0.15, -0.1) is 0 Å². The molecule has 0 aliphatic carbocycles. The summed E-state index contributed by atoms with van der Waals surface area (Å²) < 4.78 is 14.5. The van der Waals surface area contributed by atoms with Gasteiger partial charge in [0, 0.05) is 30.7 Å². The van der Waals surface area contributed by atoms with Crippen molar-refractivity contribution in [3.63, 3.8) is 0 Å². The zero-order valence-electron chi connectivity index (χ0n) is 12.4. The molecule has 0 rings (SSSR count). The average molecular weight is 356 g/mol. The van der Waals surface area contributed by atoms with Gasteiger partial charge in [0.15, 0.2) is 0 Å². The van der Waals surface area contributed by atoms with Crippen molar-refractivity contribution in [3.05, 3.63) is 0 Å². The standard InChI is InChI=1S/C11H23N2O7PS/c1-11(2,7-20-21(17,18)19)9(15)10(16)13-4-3-8(14)12-5-6-22/h9,15,22H,3-7H2,1-2H3,(H,12,14)(H,13,16)(H2,17,18,19)/p-2/t9-/m0/s1. The van der Waals surface area contributed by atoms with Gasteiger partial charge in [-0.05, 0) is 0 Å². The molecule has 0 bridgehead atoms. The van der Waals surface area contributed by atoms with Gasteiger partial charge in [-0.3, -0.25) is 9.59 Å². The molecule has 11 heteroatoms. The molecular formula is C11H21N2O7PS-2. The quantitative estimate of drug-likeness (QED) is 0.255. The topological polar surface area (TPSA) is 151 Å². The molecule has 0 saturated carbocycles. The second kappa shape index (κ2) is 9.49. The van der Waals surface area contributed by atoms with Gasteiger partial charge in [-0.1, -0.05) is 13.8 Å². The van der Waals surface area contributed by atoms with E-state index < -0.39 is 31.9 Å². The smallest absolute Gasteiger partial charge is 0.249 e. The number of hydrogen-bond acceptors (Lipinski definition) is 8. The molecule has 130 valence electrons. The molecule has 3 N–H and O–H groups in total. The van der Waals surface area contributed by atoms with Crippen LogP contribution in [0.1, 0.15) is 20.3 Å². The monoisotopic (exact) mass is 356 g/mol. The second-order valence-corrected chi connectivity index (χ2v) is 6.83. The van der Waals surface area contributed by atoms with Crippen LogP contribution < -0.4 is 20.4 Å². The Kier molecular flexibility index (Phi) is 9.21. The van der Waals surface area contributed by atoms with Crippen molar-refractivity contribution < 1.29 is 33.6 Å². The van der Waals surface area contributed by atoms with Crippen molar-refractivity contribution in [1.29, 1.82) is 0 Å². The molecule has 0 spiro atoms. The lowest BCUT2D eigenvalue weighted by atomic mass is 9.87. The molecule has 0 aliphatic rings. The third-order valence-electron chi connectivity index (χ3n) is 2.67. The van der Waals surface area contributed by atoms with E-state index in [1.165, 1.54) is 13.8 Å². The Morgan fingerprint density at radius 1 is 1.32 bits per heavy atom. The van der Waals surface area contributed by atoms with E-state index in [2.05, 4.69) is 27.8 Å². The number of aliphatic hydroxyl groups is 1. The van der Waals surface area contributed by atoms with E-state index >= 15 is 0 Å². The van der Waals surface area contributed by atoms with Gasteiger partial charge in [-0.2, -0.15) is 12.6 Å². The van der Waals surface area contributed by atoms with Gasteiger partial charge < -0.3 is 34.6 Å². The molecule has 0 aliphatic heterocycles. The van der Waals surface area contributed by atoms with Crippen LogP contribution in [-0.4, -0.2) is 48.5 Å². The molecule has 0 fully saturated rings. The van der Waals surface area contributed by atoms with Crippen LogP contribution in [0.4, 0.5) is 0 Å². The zero-order valence-corrected chi connectivity index (χ0v) is 14.2. The molecule has 2 amide bonds. The predicted octanol–water partition coefficient (Wildman–Crippen LogP) is -2.23. The number of amides is 2. The summed E-state index contributed by atoms with van der Waals surface area (Å²) in [4.78, 5) is 43.9. The van der Waals surface area contributed by atoms with Gasteiger partial charge >= 0.3 is 0 Å². The van der Waals surface area contributed by atoms with Crippen LogP contribution in [0.3, 0.4) is 0 Å². The lowest BCUT2D eigenvalue weighted by Crippen LogP contribution is -2.46. The van der Waals surface area contributed by atoms with E-state index in [0.717, 1.165) is 0 Å². The molecule has 0 unspecified atom stereocenters. The molecule has 0 aromatic heterocycles. The van der Waals surface area contributed by atoms with Crippen molar-refractivity contribution >= 4 is 32.3 Å². The first-order chi connectivity index (χ1) is 9.99. The number of thiol groups is 1. The van der Waals surface area contributed by atoms with Crippen LogP contribution in [0.25, 0.3) is 0 Å². The van der Waals surface area contributed by atoms with Crippen LogP contribution in [0.5, 0.6) is 0 Å². The first-order valence-corrected chi connectivity index (χ1v) is 8.59.